The molecule has 1 saturated heterocycles. The molecule has 7 heteroatoms. The number of sulfonamides is 1. The van der Waals surface area contributed by atoms with Crippen molar-refractivity contribution in [3.8, 4) is 0 Å². The second-order valence-electron chi connectivity index (χ2n) is 6.72. The van der Waals surface area contributed by atoms with Crippen LogP contribution in [0.5, 0.6) is 0 Å². The number of benzene rings is 2. The summed E-state index contributed by atoms with van der Waals surface area (Å²) in [6, 6.07) is 10.9. The van der Waals surface area contributed by atoms with Crippen molar-refractivity contribution in [2.24, 2.45) is 0 Å². The molecule has 0 spiro atoms. The Balaban J connectivity index is 1.90. The molecular formula is C20H22N2O4S. The summed E-state index contributed by atoms with van der Waals surface area (Å²) in [7, 11) is -3.88. The lowest BCUT2D eigenvalue weighted by Gasteiger charge is -2.17. The number of nitrogens with zero attached hydrogens (tertiary/aromatic N) is 1. The van der Waals surface area contributed by atoms with Gasteiger partial charge in [-0.25, -0.2) is 8.42 Å². The third-order valence-corrected chi connectivity index (χ3v) is 6.04. The fourth-order valence-corrected chi connectivity index (χ4v) is 4.18. The average Bonchev–Trinajstić information content (AvgIpc) is 3.16. The van der Waals surface area contributed by atoms with Crippen LogP contribution < -0.4 is 4.72 Å². The van der Waals surface area contributed by atoms with Crippen LogP contribution in [0, 0.1) is 6.92 Å². The highest BCUT2D eigenvalue weighted by Gasteiger charge is 2.23. The van der Waals surface area contributed by atoms with Crippen molar-refractivity contribution in [3.05, 3.63) is 59.2 Å². The highest BCUT2D eigenvalue weighted by molar-refractivity contribution is 7.92. The molecule has 2 aromatic carbocycles. The minimum atomic E-state index is -3.88. The monoisotopic (exact) mass is 386 g/mol. The maximum Gasteiger partial charge on any atom is 0.261 e. The van der Waals surface area contributed by atoms with Gasteiger partial charge in [0.1, 0.15) is 0 Å². The minimum Gasteiger partial charge on any atom is -0.339 e. The van der Waals surface area contributed by atoms with Crippen LogP contribution in [0.2, 0.25) is 0 Å². The van der Waals surface area contributed by atoms with Crippen LogP contribution in [0.25, 0.3) is 0 Å². The number of anilines is 1. The lowest BCUT2D eigenvalue weighted by atomic mass is 10.1. The molecule has 0 aromatic heterocycles. The number of rotatable bonds is 5. The van der Waals surface area contributed by atoms with Gasteiger partial charge in [-0.15, -0.1) is 0 Å². The molecule has 3 rings (SSSR count). The average molecular weight is 386 g/mol. The van der Waals surface area contributed by atoms with Crippen LogP contribution in [0.4, 0.5) is 5.69 Å². The van der Waals surface area contributed by atoms with Crippen molar-refractivity contribution in [2.75, 3.05) is 17.8 Å². The van der Waals surface area contributed by atoms with E-state index in [0.29, 0.717) is 29.9 Å². The van der Waals surface area contributed by atoms with Gasteiger partial charge in [0.25, 0.3) is 15.9 Å². The van der Waals surface area contributed by atoms with Crippen molar-refractivity contribution in [3.63, 3.8) is 0 Å². The fourth-order valence-electron chi connectivity index (χ4n) is 3.10. The molecule has 1 N–H and O–H groups in total. The summed E-state index contributed by atoms with van der Waals surface area (Å²) in [5, 5.41) is 0. The lowest BCUT2D eigenvalue weighted by molar-refractivity contribution is 0.0791. The van der Waals surface area contributed by atoms with Crippen molar-refractivity contribution in [2.45, 2.75) is 31.6 Å². The lowest BCUT2D eigenvalue weighted by Crippen LogP contribution is -2.28. The molecule has 0 aliphatic carbocycles. The highest BCUT2D eigenvalue weighted by Crippen LogP contribution is 2.22. The molecule has 1 heterocycles. The zero-order valence-corrected chi connectivity index (χ0v) is 16.2. The summed E-state index contributed by atoms with van der Waals surface area (Å²) in [6.07, 6.45) is 1.94. The molecule has 0 radical (unpaired) electrons. The summed E-state index contributed by atoms with van der Waals surface area (Å²) >= 11 is 0. The van der Waals surface area contributed by atoms with Gasteiger partial charge in [0.05, 0.1) is 4.90 Å². The number of hydrogen-bond acceptors (Lipinski definition) is 4. The summed E-state index contributed by atoms with van der Waals surface area (Å²) in [5.41, 5.74) is 1.86. The molecule has 1 amide bonds. The van der Waals surface area contributed by atoms with Crippen LogP contribution in [0.3, 0.4) is 0 Å². The summed E-state index contributed by atoms with van der Waals surface area (Å²) in [5.74, 6) is -0.287. The molecule has 1 aliphatic rings. The Kier molecular flexibility index (Phi) is 5.32. The number of carbonyl (C=O) groups excluding carboxylic acids is 2. The van der Waals surface area contributed by atoms with Gasteiger partial charge in [0, 0.05) is 29.9 Å². The van der Waals surface area contributed by atoms with E-state index in [1.165, 1.54) is 25.1 Å². The second kappa shape index (κ2) is 7.52. The third kappa shape index (κ3) is 4.19. The first-order valence-corrected chi connectivity index (χ1v) is 10.3. The quantitative estimate of drug-likeness (QED) is 0.800. The van der Waals surface area contributed by atoms with E-state index in [1.807, 2.05) is 0 Å². The molecule has 142 valence electrons. The Morgan fingerprint density at radius 3 is 2.41 bits per heavy atom. The van der Waals surface area contributed by atoms with Gasteiger partial charge in [-0.05, 0) is 56.5 Å². The molecular weight excluding hydrogens is 364 g/mol. The molecule has 6 nitrogen and oxygen atoms in total. The summed E-state index contributed by atoms with van der Waals surface area (Å²) in [6.45, 7) is 4.62. The Labute approximate surface area is 159 Å². The van der Waals surface area contributed by atoms with E-state index >= 15 is 0 Å². The predicted molar refractivity (Wildman–Crippen MR) is 104 cm³/mol. The standard InChI is InChI=1S/C20H22N2O4S/c1-14-8-9-18(13-19(14)20(24)22-10-3-4-11-22)27(25,26)21-17-7-5-6-16(12-17)15(2)23/h5-9,12-13,21H,3-4,10-11H2,1-2H3. The molecule has 0 bridgehead atoms. The minimum absolute atomic E-state index is 0.0175. The number of hydrogen-bond donors (Lipinski definition) is 1. The van der Waals surface area contributed by atoms with E-state index < -0.39 is 10.0 Å². The predicted octanol–water partition coefficient (Wildman–Crippen LogP) is 3.23. The van der Waals surface area contributed by atoms with Gasteiger partial charge in [0.2, 0.25) is 0 Å². The van der Waals surface area contributed by atoms with Crippen LogP contribution in [-0.4, -0.2) is 38.1 Å². The maximum atomic E-state index is 12.8. The summed E-state index contributed by atoms with van der Waals surface area (Å²) in [4.78, 5) is 26.0. The number of likely N-dealkylation sites (tertiary alicyclic amines) is 1. The highest BCUT2D eigenvalue weighted by atomic mass is 32.2. The van der Waals surface area contributed by atoms with Gasteiger partial charge in [-0.3, -0.25) is 14.3 Å². The normalized spacial score (nSPS) is 14.2. The number of amides is 1. The topological polar surface area (TPSA) is 83.5 Å². The smallest absolute Gasteiger partial charge is 0.261 e. The Hall–Kier alpha value is -2.67. The second-order valence-corrected chi connectivity index (χ2v) is 8.40. The maximum absolute atomic E-state index is 12.8. The van der Waals surface area contributed by atoms with Crippen LogP contribution in [-0.2, 0) is 10.0 Å². The number of ketones is 1. The molecule has 1 aliphatic heterocycles. The summed E-state index contributed by atoms with van der Waals surface area (Å²) < 4.78 is 28.0. The molecule has 0 unspecified atom stereocenters. The van der Waals surface area contributed by atoms with Gasteiger partial charge < -0.3 is 4.90 Å². The Morgan fingerprint density at radius 2 is 1.74 bits per heavy atom. The van der Waals surface area contributed by atoms with E-state index in [0.717, 1.165) is 18.4 Å². The van der Waals surface area contributed by atoms with Crippen LogP contribution in [0.1, 0.15) is 46.0 Å². The van der Waals surface area contributed by atoms with Crippen LogP contribution in [0.15, 0.2) is 47.4 Å². The van der Waals surface area contributed by atoms with E-state index in [9.17, 15) is 18.0 Å². The SMILES string of the molecule is CC(=O)c1cccc(NS(=O)(=O)c2ccc(C)c(C(=O)N3CCCC3)c2)c1. The molecule has 1 fully saturated rings. The van der Waals surface area contributed by atoms with Crippen molar-refractivity contribution in [1.82, 2.24) is 4.90 Å². The van der Waals surface area contributed by atoms with E-state index in [4.69, 9.17) is 0 Å². The number of nitrogens with one attached hydrogen (secondary N) is 1. The van der Waals surface area contributed by atoms with Crippen molar-refractivity contribution in [1.29, 1.82) is 0 Å². The third-order valence-electron chi connectivity index (χ3n) is 4.66. The first-order chi connectivity index (χ1) is 12.8. The largest absolute Gasteiger partial charge is 0.339 e. The number of Topliss-reactive ketones (excluding diaryl/α,β-unsaturated/α-hetero) is 1. The van der Waals surface area contributed by atoms with Crippen molar-refractivity contribution < 1.29 is 18.0 Å². The van der Waals surface area contributed by atoms with Crippen molar-refractivity contribution >= 4 is 27.4 Å². The van der Waals surface area contributed by atoms with Gasteiger partial charge in [-0.1, -0.05) is 18.2 Å². The first-order valence-electron chi connectivity index (χ1n) is 8.82. The van der Waals surface area contributed by atoms with E-state index in [-0.39, 0.29) is 16.6 Å². The zero-order chi connectivity index (χ0) is 19.6. The van der Waals surface area contributed by atoms with Crippen LogP contribution >= 0.6 is 0 Å². The molecule has 0 saturated carbocycles. The fraction of sp³-hybridized carbons (Fsp3) is 0.300. The van der Waals surface area contributed by atoms with Gasteiger partial charge >= 0.3 is 0 Å². The van der Waals surface area contributed by atoms with Gasteiger partial charge in [-0.2, -0.15) is 0 Å². The van der Waals surface area contributed by atoms with Gasteiger partial charge in [0.15, 0.2) is 5.78 Å². The van der Waals surface area contributed by atoms with E-state index in [2.05, 4.69) is 4.72 Å². The molecule has 27 heavy (non-hydrogen) atoms. The van der Waals surface area contributed by atoms with E-state index in [1.54, 1.807) is 36.1 Å². The Morgan fingerprint density at radius 1 is 1.04 bits per heavy atom. The first kappa shape index (κ1) is 19.1. The molecule has 2 aromatic rings. The zero-order valence-electron chi connectivity index (χ0n) is 15.4. The molecule has 0 atom stereocenters. The number of aryl methyl sites for hydroxylation is 1. The number of carbonyl (C=O) groups is 2. The Bertz CT molecular complexity index is 993.